The Hall–Kier alpha value is -1.41. The molecule has 0 amide bonds. The molecule has 0 bridgehead atoms. The summed E-state index contributed by atoms with van der Waals surface area (Å²) >= 11 is 0. The Morgan fingerprint density at radius 3 is 2.35 bits per heavy atom. The van der Waals surface area contributed by atoms with Gasteiger partial charge in [0, 0.05) is 18.0 Å². The maximum Gasteiger partial charge on any atom is 0.131 e. The smallest absolute Gasteiger partial charge is 0.131 e. The van der Waals surface area contributed by atoms with Gasteiger partial charge >= 0.3 is 0 Å². The molecule has 20 heavy (non-hydrogen) atoms. The van der Waals surface area contributed by atoms with Gasteiger partial charge in [-0.25, -0.2) is 4.39 Å². The van der Waals surface area contributed by atoms with Crippen molar-refractivity contribution < 1.29 is 4.39 Å². The van der Waals surface area contributed by atoms with Crippen LogP contribution in [0.3, 0.4) is 0 Å². The Morgan fingerprint density at radius 2 is 1.60 bits per heavy atom. The van der Waals surface area contributed by atoms with E-state index >= 15 is 0 Å². The molecule has 0 atom stereocenters. The molecule has 0 radical (unpaired) electrons. The van der Waals surface area contributed by atoms with Crippen LogP contribution in [0.2, 0.25) is 0 Å². The minimum atomic E-state index is -0.126. The average Bonchev–Trinajstić information content (AvgIpc) is 2.76. The third kappa shape index (κ3) is 3.01. The van der Waals surface area contributed by atoms with Gasteiger partial charge in [-0.15, -0.1) is 0 Å². The lowest BCUT2D eigenvalue weighted by atomic mass is 10.0. The lowest BCUT2D eigenvalue weighted by molar-refractivity contribution is 0.460. The zero-order chi connectivity index (χ0) is 13.8. The van der Waals surface area contributed by atoms with E-state index < -0.39 is 0 Å². The summed E-state index contributed by atoms with van der Waals surface area (Å²) in [5, 5.41) is 5.43. The van der Waals surface area contributed by atoms with E-state index in [-0.39, 0.29) is 5.82 Å². The van der Waals surface area contributed by atoms with E-state index in [9.17, 15) is 4.39 Å². The number of rotatable bonds is 3. The van der Waals surface area contributed by atoms with Crippen LogP contribution in [-0.4, -0.2) is 6.04 Å². The van der Waals surface area contributed by atoms with E-state index in [1.807, 2.05) is 30.3 Å². The number of halogens is 1. The Kier molecular flexibility index (Phi) is 4.31. The third-order valence-corrected chi connectivity index (χ3v) is 4.40. The lowest BCUT2D eigenvalue weighted by Crippen LogP contribution is -2.27. The van der Waals surface area contributed by atoms with Crippen LogP contribution in [-0.2, 0) is 6.54 Å². The van der Waals surface area contributed by atoms with Crippen molar-refractivity contribution in [3.05, 3.63) is 47.8 Å². The first kappa shape index (κ1) is 13.6. The second kappa shape index (κ2) is 6.36. The van der Waals surface area contributed by atoms with Gasteiger partial charge in [-0.1, -0.05) is 56.0 Å². The van der Waals surface area contributed by atoms with Crippen LogP contribution in [0, 0.1) is 5.82 Å². The molecule has 2 aromatic rings. The largest absolute Gasteiger partial charge is 0.310 e. The van der Waals surface area contributed by atoms with Crippen LogP contribution in [0.25, 0.3) is 10.8 Å². The van der Waals surface area contributed by atoms with Gasteiger partial charge in [-0.05, 0) is 29.9 Å². The van der Waals surface area contributed by atoms with Crippen LogP contribution in [0.4, 0.5) is 4.39 Å². The number of hydrogen-bond donors (Lipinski definition) is 1. The molecule has 0 aliphatic heterocycles. The second-order valence-electron chi connectivity index (χ2n) is 5.82. The third-order valence-electron chi connectivity index (χ3n) is 4.40. The van der Waals surface area contributed by atoms with Crippen LogP contribution < -0.4 is 5.32 Å². The van der Waals surface area contributed by atoms with Gasteiger partial charge in [0.2, 0.25) is 0 Å². The molecule has 1 fully saturated rings. The van der Waals surface area contributed by atoms with Gasteiger partial charge in [-0.3, -0.25) is 0 Å². The Morgan fingerprint density at radius 1 is 0.900 bits per heavy atom. The fourth-order valence-electron chi connectivity index (χ4n) is 3.22. The zero-order valence-corrected chi connectivity index (χ0v) is 11.9. The molecule has 0 heterocycles. The highest BCUT2D eigenvalue weighted by Gasteiger charge is 2.12. The van der Waals surface area contributed by atoms with E-state index in [1.165, 1.54) is 44.1 Å². The summed E-state index contributed by atoms with van der Waals surface area (Å²) in [6, 6.07) is 11.9. The van der Waals surface area contributed by atoms with Crippen molar-refractivity contribution in [2.24, 2.45) is 0 Å². The molecule has 1 N–H and O–H groups in total. The topological polar surface area (TPSA) is 12.0 Å². The van der Waals surface area contributed by atoms with E-state index in [0.29, 0.717) is 6.04 Å². The fourth-order valence-corrected chi connectivity index (χ4v) is 3.22. The normalized spacial score (nSPS) is 17.2. The van der Waals surface area contributed by atoms with Gasteiger partial charge in [0.25, 0.3) is 0 Å². The minimum Gasteiger partial charge on any atom is -0.310 e. The Bertz CT molecular complexity index is 571. The summed E-state index contributed by atoms with van der Waals surface area (Å²) in [5.41, 5.74) is 1.20. The Balaban J connectivity index is 1.75. The molecular formula is C18H22FN. The summed E-state index contributed by atoms with van der Waals surface area (Å²) in [7, 11) is 0. The molecule has 1 aliphatic carbocycles. The van der Waals surface area contributed by atoms with Crippen molar-refractivity contribution in [1.82, 2.24) is 5.32 Å². The first-order valence-electron chi connectivity index (χ1n) is 7.74. The molecule has 1 aliphatic rings. The maximum atomic E-state index is 13.8. The lowest BCUT2D eigenvalue weighted by Gasteiger charge is -2.17. The second-order valence-corrected chi connectivity index (χ2v) is 5.82. The first-order chi connectivity index (χ1) is 9.84. The van der Waals surface area contributed by atoms with Crippen LogP contribution in [0.5, 0.6) is 0 Å². The molecule has 106 valence electrons. The molecular weight excluding hydrogens is 249 g/mol. The van der Waals surface area contributed by atoms with Crippen molar-refractivity contribution in [3.8, 4) is 0 Å². The molecule has 0 unspecified atom stereocenters. The Labute approximate surface area is 120 Å². The number of hydrogen-bond acceptors (Lipinski definition) is 1. The van der Waals surface area contributed by atoms with E-state index in [0.717, 1.165) is 17.3 Å². The summed E-state index contributed by atoms with van der Waals surface area (Å²) < 4.78 is 13.8. The molecule has 1 nitrogen and oxygen atoms in total. The van der Waals surface area contributed by atoms with Crippen molar-refractivity contribution in [3.63, 3.8) is 0 Å². The monoisotopic (exact) mass is 271 g/mol. The quantitative estimate of drug-likeness (QED) is 0.791. The minimum absolute atomic E-state index is 0.126. The predicted octanol–water partition coefficient (Wildman–Crippen LogP) is 4.79. The fraction of sp³-hybridized carbons (Fsp3) is 0.444. The summed E-state index contributed by atoms with van der Waals surface area (Å²) in [5.74, 6) is -0.126. The molecule has 2 aromatic carbocycles. The van der Waals surface area contributed by atoms with Crippen molar-refractivity contribution in [2.45, 2.75) is 51.1 Å². The molecule has 2 heteroatoms. The summed E-state index contributed by atoms with van der Waals surface area (Å²) in [6.07, 6.45) is 7.97. The van der Waals surface area contributed by atoms with Gasteiger partial charge in [0.15, 0.2) is 0 Å². The number of fused-ring (bicyclic) bond motifs is 1. The SMILES string of the molecule is Fc1ccc(CNC2CCCCCC2)c2ccccc12. The molecule has 0 saturated heterocycles. The van der Waals surface area contributed by atoms with Gasteiger partial charge < -0.3 is 5.32 Å². The highest BCUT2D eigenvalue weighted by atomic mass is 19.1. The van der Waals surface area contributed by atoms with Crippen molar-refractivity contribution >= 4 is 10.8 Å². The summed E-state index contributed by atoms with van der Waals surface area (Å²) in [4.78, 5) is 0. The highest BCUT2D eigenvalue weighted by Crippen LogP contribution is 2.23. The first-order valence-corrected chi connectivity index (χ1v) is 7.74. The van der Waals surface area contributed by atoms with Crippen LogP contribution in [0.1, 0.15) is 44.1 Å². The van der Waals surface area contributed by atoms with Crippen molar-refractivity contribution in [2.75, 3.05) is 0 Å². The van der Waals surface area contributed by atoms with Gasteiger partial charge in [0.1, 0.15) is 5.82 Å². The molecule has 0 aromatic heterocycles. The van der Waals surface area contributed by atoms with E-state index in [1.54, 1.807) is 6.07 Å². The number of nitrogens with one attached hydrogen (secondary N) is 1. The average molecular weight is 271 g/mol. The summed E-state index contributed by atoms with van der Waals surface area (Å²) in [6.45, 7) is 0.839. The van der Waals surface area contributed by atoms with E-state index in [2.05, 4.69) is 5.32 Å². The molecule has 1 saturated carbocycles. The van der Waals surface area contributed by atoms with Crippen LogP contribution in [0.15, 0.2) is 36.4 Å². The predicted molar refractivity (Wildman–Crippen MR) is 82.2 cm³/mol. The molecule has 3 rings (SSSR count). The highest BCUT2D eigenvalue weighted by molar-refractivity contribution is 5.86. The molecule has 0 spiro atoms. The van der Waals surface area contributed by atoms with Crippen LogP contribution >= 0.6 is 0 Å². The van der Waals surface area contributed by atoms with E-state index in [4.69, 9.17) is 0 Å². The van der Waals surface area contributed by atoms with Gasteiger partial charge in [0.05, 0.1) is 0 Å². The zero-order valence-electron chi connectivity index (χ0n) is 11.9. The maximum absolute atomic E-state index is 13.8. The van der Waals surface area contributed by atoms with Gasteiger partial charge in [-0.2, -0.15) is 0 Å². The van der Waals surface area contributed by atoms with Crippen molar-refractivity contribution in [1.29, 1.82) is 0 Å². The standard InChI is InChI=1S/C18H22FN/c19-18-12-11-14(16-9-5-6-10-17(16)18)13-20-15-7-3-1-2-4-8-15/h5-6,9-12,15,20H,1-4,7-8,13H2. The number of benzene rings is 2.